The molecule has 0 bridgehead atoms. The second-order valence-corrected chi connectivity index (χ2v) is 5.11. The first-order valence-corrected chi connectivity index (χ1v) is 6.29. The van der Waals surface area contributed by atoms with Crippen LogP contribution in [-0.2, 0) is 6.42 Å². The van der Waals surface area contributed by atoms with E-state index in [1.54, 1.807) is 6.20 Å². The minimum Gasteiger partial charge on any atom is -0.192 e. The summed E-state index contributed by atoms with van der Waals surface area (Å²) in [4.78, 5) is 1.03. The van der Waals surface area contributed by atoms with Crippen molar-refractivity contribution in [3.05, 3.63) is 35.5 Å². The minimum absolute atomic E-state index is 0.518. The lowest BCUT2D eigenvalue weighted by Gasteiger charge is -2.11. The van der Waals surface area contributed by atoms with Crippen LogP contribution in [0.2, 0.25) is 0 Å². The Hall–Kier alpha value is -1.73. The number of aromatic nitrogens is 2. The van der Waals surface area contributed by atoms with Crippen LogP contribution >= 0.6 is 11.5 Å². The smallest absolute Gasteiger partial charge is 0.0994 e. The maximum Gasteiger partial charge on any atom is 0.0994 e. The van der Waals surface area contributed by atoms with Gasteiger partial charge in [0.25, 0.3) is 0 Å². The summed E-state index contributed by atoms with van der Waals surface area (Å²) in [5.41, 5.74) is 2.95. The third-order valence-corrected chi connectivity index (χ3v) is 3.23. The Morgan fingerprint density at radius 3 is 2.82 bits per heavy atom. The molecular formula is C13H13N3S. The zero-order valence-corrected chi connectivity index (χ0v) is 10.7. The maximum absolute atomic E-state index is 9.18. The van der Waals surface area contributed by atoms with E-state index in [-0.39, 0.29) is 0 Å². The number of nitriles is 1. The van der Waals surface area contributed by atoms with Gasteiger partial charge in [-0.2, -0.15) is 5.26 Å². The van der Waals surface area contributed by atoms with E-state index in [0.29, 0.717) is 5.92 Å². The van der Waals surface area contributed by atoms with Crippen LogP contribution in [0.15, 0.2) is 24.4 Å². The van der Waals surface area contributed by atoms with Crippen molar-refractivity contribution in [2.24, 2.45) is 5.92 Å². The van der Waals surface area contributed by atoms with Crippen LogP contribution in [-0.4, -0.2) is 9.59 Å². The molecule has 0 unspecified atom stereocenters. The fraction of sp³-hybridized carbons (Fsp3) is 0.308. The van der Waals surface area contributed by atoms with E-state index in [0.717, 1.165) is 28.0 Å². The third-order valence-electron chi connectivity index (χ3n) is 2.54. The summed E-state index contributed by atoms with van der Waals surface area (Å²) in [6.45, 7) is 4.31. The van der Waals surface area contributed by atoms with Crippen molar-refractivity contribution in [2.75, 3.05) is 0 Å². The normalized spacial score (nSPS) is 10.5. The van der Waals surface area contributed by atoms with E-state index in [1.165, 1.54) is 11.5 Å². The average molecular weight is 243 g/mol. The zero-order valence-electron chi connectivity index (χ0n) is 9.84. The van der Waals surface area contributed by atoms with E-state index in [4.69, 9.17) is 0 Å². The van der Waals surface area contributed by atoms with Crippen LogP contribution in [0.4, 0.5) is 0 Å². The van der Waals surface area contributed by atoms with Crippen molar-refractivity contribution < 1.29 is 0 Å². The summed E-state index contributed by atoms with van der Waals surface area (Å²) in [5, 5.41) is 13.0. The predicted molar refractivity (Wildman–Crippen MR) is 68.6 cm³/mol. The minimum atomic E-state index is 0.518. The quantitative estimate of drug-likeness (QED) is 0.831. The first-order chi connectivity index (χ1) is 8.22. The van der Waals surface area contributed by atoms with Gasteiger partial charge in [0.05, 0.1) is 22.7 Å². The number of hydrogen-bond donors (Lipinski definition) is 0. The van der Waals surface area contributed by atoms with E-state index in [9.17, 15) is 5.26 Å². The SMILES string of the molecule is CC(C)Cc1c(C#N)cccc1-c1cnns1. The molecule has 0 aliphatic rings. The molecule has 1 aromatic carbocycles. The molecule has 0 aliphatic carbocycles. The largest absolute Gasteiger partial charge is 0.192 e. The molecule has 1 aromatic heterocycles. The molecule has 86 valence electrons. The Bertz CT molecular complexity index is 538. The highest BCUT2D eigenvalue weighted by Gasteiger charge is 2.12. The Balaban J connectivity index is 2.55. The van der Waals surface area contributed by atoms with Gasteiger partial charge in [-0.15, -0.1) is 5.10 Å². The highest BCUT2D eigenvalue weighted by Crippen LogP contribution is 2.29. The molecule has 0 spiro atoms. The molecular weight excluding hydrogens is 230 g/mol. The summed E-state index contributed by atoms with van der Waals surface area (Å²) in [6.07, 6.45) is 2.65. The van der Waals surface area contributed by atoms with Gasteiger partial charge < -0.3 is 0 Å². The molecule has 0 aliphatic heterocycles. The van der Waals surface area contributed by atoms with Crippen LogP contribution in [0.5, 0.6) is 0 Å². The molecule has 2 rings (SSSR count). The van der Waals surface area contributed by atoms with E-state index in [1.807, 2.05) is 18.2 Å². The Morgan fingerprint density at radius 2 is 2.24 bits per heavy atom. The second kappa shape index (κ2) is 5.07. The molecule has 4 heteroatoms. The van der Waals surface area contributed by atoms with E-state index < -0.39 is 0 Å². The number of benzene rings is 1. The van der Waals surface area contributed by atoms with Crippen molar-refractivity contribution in [1.29, 1.82) is 5.26 Å². The standard InChI is InChI=1S/C13H13N3S/c1-9(2)6-12-10(7-14)4-3-5-11(12)13-8-15-16-17-13/h3-5,8-9H,6H2,1-2H3. The van der Waals surface area contributed by atoms with Gasteiger partial charge in [0, 0.05) is 0 Å². The van der Waals surface area contributed by atoms with Gasteiger partial charge in [-0.05, 0) is 41.1 Å². The van der Waals surface area contributed by atoms with Gasteiger partial charge in [0.15, 0.2) is 0 Å². The average Bonchev–Trinajstić information content (AvgIpc) is 2.82. The summed E-state index contributed by atoms with van der Waals surface area (Å²) in [6, 6.07) is 8.09. The van der Waals surface area contributed by atoms with Gasteiger partial charge in [-0.25, -0.2) is 0 Å². The molecule has 0 saturated carbocycles. The Kier molecular flexibility index (Phi) is 3.50. The monoisotopic (exact) mass is 243 g/mol. The van der Waals surface area contributed by atoms with Gasteiger partial charge in [0.2, 0.25) is 0 Å². The first-order valence-electron chi connectivity index (χ1n) is 5.52. The predicted octanol–water partition coefficient (Wildman–Crippen LogP) is 3.28. The van der Waals surface area contributed by atoms with Gasteiger partial charge in [0.1, 0.15) is 0 Å². The summed E-state index contributed by atoms with van der Waals surface area (Å²) < 4.78 is 3.88. The lowest BCUT2D eigenvalue weighted by molar-refractivity contribution is 0.647. The lowest BCUT2D eigenvalue weighted by Crippen LogP contribution is -1.99. The molecule has 0 amide bonds. The zero-order chi connectivity index (χ0) is 12.3. The van der Waals surface area contributed by atoms with Crippen LogP contribution in [0.3, 0.4) is 0 Å². The molecule has 0 saturated heterocycles. The first kappa shape index (κ1) is 11.7. The number of hydrogen-bond acceptors (Lipinski definition) is 4. The lowest BCUT2D eigenvalue weighted by atomic mass is 9.93. The van der Waals surface area contributed by atoms with Crippen molar-refractivity contribution in [3.63, 3.8) is 0 Å². The Labute approximate surface area is 105 Å². The summed E-state index contributed by atoms with van der Waals surface area (Å²) >= 11 is 1.37. The van der Waals surface area contributed by atoms with Gasteiger partial charge in [-0.3, -0.25) is 0 Å². The van der Waals surface area contributed by atoms with Crippen molar-refractivity contribution >= 4 is 11.5 Å². The van der Waals surface area contributed by atoms with Gasteiger partial charge >= 0.3 is 0 Å². The molecule has 17 heavy (non-hydrogen) atoms. The number of nitrogens with zero attached hydrogens (tertiary/aromatic N) is 3. The third kappa shape index (κ3) is 2.51. The highest BCUT2D eigenvalue weighted by atomic mass is 32.1. The molecule has 0 N–H and O–H groups in total. The van der Waals surface area contributed by atoms with E-state index >= 15 is 0 Å². The fourth-order valence-corrected chi connectivity index (χ4v) is 2.40. The van der Waals surface area contributed by atoms with Crippen LogP contribution in [0.1, 0.15) is 25.0 Å². The maximum atomic E-state index is 9.18. The summed E-state index contributed by atoms with van der Waals surface area (Å²) in [7, 11) is 0. The van der Waals surface area contributed by atoms with E-state index in [2.05, 4.69) is 29.5 Å². The highest BCUT2D eigenvalue weighted by molar-refractivity contribution is 7.09. The molecule has 0 atom stereocenters. The fourth-order valence-electron chi connectivity index (χ4n) is 1.84. The van der Waals surface area contributed by atoms with Crippen molar-refractivity contribution in [2.45, 2.75) is 20.3 Å². The molecule has 0 radical (unpaired) electrons. The van der Waals surface area contributed by atoms with Crippen molar-refractivity contribution in [1.82, 2.24) is 9.59 Å². The molecule has 3 nitrogen and oxygen atoms in total. The van der Waals surface area contributed by atoms with Gasteiger partial charge in [-0.1, -0.05) is 30.5 Å². The second-order valence-electron chi connectivity index (χ2n) is 4.32. The number of rotatable bonds is 3. The Morgan fingerprint density at radius 1 is 1.41 bits per heavy atom. The van der Waals surface area contributed by atoms with Crippen molar-refractivity contribution in [3.8, 4) is 16.5 Å². The summed E-state index contributed by atoms with van der Waals surface area (Å²) in [5.74, 6) is 0.518. The molecule has 1 heterocycles. The molecule has 2 aromatic rings. The molecule has 0 fully saturated rings. The van der Waals surface area contributed by atoms with Crippen LogP contribution in [0.25, 0.3) is 10.4 Å². The topological polar surface area (TPSA) is 49.6 Å². The van der Waals surface area contributed by atoms with Crippen LogP contribution < -0.4 is 0 Å². The van der Waals surface area contributed by atoms with Crippen LogP contribution in [0, 0.1) is 17.2 Å².